The van der Waals surface area contributed by atoms with Crippen molar-refractivity contribution in [3.05, 3.63) is 33.3 Å². The summed E-state index contributed by atoms with van der Waals surface area (Å²) < 4.78 is 0. The molecule has 0 radical (unpaired) electrons. The lowest BCUT2D eigenvalue weighted by molar-refractivity contribution is 0.236. The van der Waals surface area contributed by atoms with E-state index in [-0.39, 0.29) is 6.03 Å². The number of rotatable bonds is 4. The maximum atomic E-state index is 11.8. The summed E-state index contributed by atoms with van der Waals surface area (Å²) in [4.78, 5) is 11.8. The van der Waals surface area contributed by atoms with Gasteiger partial charge >= 0.3 is 6.03 Å². The van der Waals surface area contributed by atoms with Gasteiger partial charge in [0.2, 0.25) is 0 Å². The lowest BCUT2D eigenvalue weighted by Crippen LogP contribution is -2.40. The number of nitrogens with one attached hydrogen (secondary N) is 3. The summed E-state index contributed by atoms with van der Waals surface area (Å²) in [5.41, 5.74) is 1.88. The second-order valence-corrected chi connectivity index (χ2v) is 6.28. The van der Waals surface area contributed by atoms with E-state index in [1.54, 1.807) is 6.07 Å². The Labute approximate surface area is 135 Å². The zero-order chi connectivity index (χ0) is 15.2. The van der Waals surface area contributed by atoms with Crippen LogP contribution in [0.5, 0.6) is 0 Å². The zero-order valence-corrected chi connectivity index (χ0v) is 13.7. The quantitative estimate of drug-likeness (QED) is 0.795. The Balaban J connectivity index is 1.78. The van der Waals surface area contributed by atoms with E-state index in [0.29, 0.717) is 22.5 Å². The highest BCUT2D eigenvalue weighted by Gasteiger charge is 2.14. The lowest BCUT2D eigenvalue weighted by Gasteiger charge is -2.22. The van der Waals surface area contributed by atoms with Crippen LogP contribution in [0.25, 0.3) is 0 Å². The fourth-order valence-corrected chi connectivity index (χ4v) is 3.17. The minimum absolute atomic E-state index is 0.154. The summed E-state index contributed by atoms with van der Waals surface area (Å²) in [5, 5.41) is 10.3. The van der Waals surface area contributed by atoms with Crippen LogP contribution in [0.3, 0.4) is 0 Å². The van der Waals surface area contributed by atoms with Gasteiger partial charge < -0.3 is 16.0 Å². The summed E-state index contributed by atoms with van der Waals surface area (Å²) in [6.07, 6.45) is 2.23. The molecule has 3 N–H and O–H groups in total. The summed E-state index contributed by atoms with van der Waals surface area (Å²) in [7, 11) is 0. The van der Waals surface area contributed by atoms with E-state index in [9.17, 15) is 4.79 Å². The van der Waals surface area contributed by atoms with Gasteiger partial charge in [-0.1, -0.05) is 23.2 Å². The Bertz CT molecular complexity index is 479. The first-order valence-electron chi connectivity index (χ1n) is 7.23. The molecule has 0 aromatic heterocycles. The number of carbonyl (C=O) groups is 1. The molecular weight excluding hydrogens is 309 g/mol. The monoisotopic (exact) mass is 329 g/mol. The first kappa shape index (κ1) is 16.4. The van der Waals surface area contributed by atoms with Gasteiger partial charge in [0, 0.05) is 23.1 Å². The normalized spacial score (nSPS) is 15.8. The first-order valence-corrected chi connectivity index (χ1v) is 7.99. The number of piperidine rings is 1. The van der Waals surface area contributed by atoms with Crippen molar-refractivity contribution in [3.8, 4) is 0 Å². The molecule has 0 saturated carbocycles. The van der Waals surface area contributed by atoms with Crippen LogP contribution in [0.2, 0.25) is 10.0 Å². The minimum atomic E-state index is -0.154. The number of aryl methyl sites for hydroxylation is 1. The molecule has 1 saturated heterocycles. The lowest BCUT2D eigenvalue weighted by atomic mass is 9.98. The molecule has 0 aliphatic carbocycles. The van der Waals surface area contributed by atoms with Crippen LogP contribution in [-0.2, 0) is 6.54 Å². The third-order valence-corrected chi connectivity index (χ3v) is 4.37. The molecule has 1 aliphatic heterocycles. The van der Waals surface area contributed by atoms with Crippen LogP contribution < -0.4 is 16.0 Å². The fraction of sp³-hybridized carbons (Fsp3) is 0.533. The zero-order valence-electron chi connectivity index (χ0n) is 12.1. The van der Waals surface area contributed by atoms with Crippen molar-refractivity contribution < 1.29 is 4.79 Å². The van der Waals surface area contributed by atoms with Crippen LogP contribution >= 0.6 is 23.2 Å². The van der Waals surface area contributed by atoms with E-state index < -0.39 is 0 Å². The molecule has 21 heavy (non-hydrogen) atoms. The predicted octanol–water partition coefficient (Wildman–Crippen LogP) is 3.10. The topological polar surface area (TPSA) is 53.2 Å². The van der Waals surface area contributed by atoms with Crippen LogP contribution in [-0.4, -0.2) is 25.7 Å². The Morgan fingerprint density at radius 2 is 2.00 bits per heavy atom. The van der Waals surface area contributed by atoms with Crippen molar-refractivity contribution in [3.63, 3.8) is 0 Å². The van der Waals surface area contributed by atoms with Crippen molar-refractivity contribution in [1.29, 1.82) is 0 Å². The molecule has 4 nitrogen and oxygen atoms in total. The maximum Gasteiger partial charge on any atom is 0.315 e. The molecule has 1 heterocycles. The molecule has 1 aromatic carbocycles. The molecule has 1 aliphatic rings. The number of amides is 2. The summed E-state index contributed by atoms with van der Waals surface area (Å²) in [5.74, 6) is 0.567. The van der Waals surface area contributed by atoms with Gasteiger partial charge in [-0.05, 0) is 62.0 Å². The van der Waals surface area contributed by atoms with Gasteiger partial charge in [-0.15, -0.1) is 0 Å². The molecule has 0 spiro atoms. The van der Waals surface area contributed by atoms with Gasteiger partial charge in [-0.2, -0.15) is 0 Å². The molecule has 2 rings (SSSR count). The maximum absolute atomic E-state index is 11.8. The Morgan fingerprint density at radius 3 is 2.67 bits per heavy atom. The van der Waals surface area contributed by atoms with Crippen molar-refractivity contribution in [2.75, 3.05) is 19.6 Å². The van der Waals surface area contributed by atoms with Crippen molar-refractivity contribution in [2.45, 2.75) is 26.3 Å². The third kappa shape index (κ3) is 5.06. The molecule has 2 amide bonds. The number of hydrogen-bond donors (Lipinski definition) is 3. The number of hydrogen-bond acceptors (Lipinski definition) is 2. The van der Waals surface area contributed by atoms with Crippen molar-refractivity contribution in [2.24, 2.45) is 5.92 Å². The second kappa shape index (κ2) is 7.87. The first-order chi connectivity index (χ1) is 10.1. The van der Waals surface area contributed by atoms with Crippen LogP contribution in [0, 0.1) is 12.8 Å². The predicted molar refractivity (Wildman–Crippen MR) is 87.0 cm³/mol. The van der Waals surface area contributed by atoms with Gasteiger partial charge in [0.1, 0.15) is 0 Å². The van der Waals surface area contributed by atoms with Gasteiger partial charge in [-0.3, -0.25) is 0 Å². The van der Waals surface area contributed by atoms with E-state index in [1.807, 2.05) is 13.0 Å². The molecule has 116 valence electrons. The summed E-state index contributed by atoms with van der Waals surface area (Å²) in [6.45, 7) is 5.13. The van der Waals surface area contributed by atoms with E-state index in [2.05, 4.69) is 16.0 Å². The van der Waals surface area contributed by atoms with E-state index in [4.69, 9.17) is 23.2 Å². The number of benzene rings is 1. The Morgan fingerprint density at radius 1 is 1.29 bits per heavy atom. The highest BCUT2D eigenvalue weighted by atomic mass is 35.5. The number of carbonyl (C=O) groups excluding carboxylic acids is 1. The van der Waals surface area contributed by atoms with E-state index in [1.165, 1.54) is 0 Å². The second-order valence-electron chi connectivity index (χ2n) is 5.44. The molecular formula is C15H21Cl2N3O. The molecule has 0 bridgehead atoms. The molecule has 1 aromatic rings. The van der Waals surface area contributed by atoms with Crippen LogP contribution in [0.15, 0.2) is 12.1 Å². The number of halogens is 2. The fourth-order valence-electron chi connectivity index (χ4n) is 2.51. The highest BCUT2D eigenvalue weighted by molar-refractivity contribution is 6.35. The molecule has 0 atom stereocenters. The van der Waals surface area contributed by atoms with E-state index >= 15 is 0 Å². The van der Waals surface area contributed by atoms with Gasteiger partial charge in [-0.25, -0.2) is 4.79 Å². The molecule has 6 heteroatoms. The van der Waals surface area contributed by atoms with Gasteiger partial charge in [0.25, 0.3) is 0 Å². The SMILES string of the molecule is Cc1cc(Cl)cc(Cl)c1CNC(=O)NCC1CCNCC1. The van der Waals surface area contributed by atoms with Crippen LogP contribution in [0.4, 0.5) is 4.79 Å². The van der Waals surface area contributed by atoms with Crippen molar-refractivity contribution >= 4 is 29.2 Å². The van der Waals surface area contributed by atoms with Crippen molar-refractivity contribution in [1.82, 2.24) is 16.0 Å². The third-order valence-electron chi connectivity index (χ3n) is 3.82. The van der Waals surface area contributed by atoms with Gasteiger partial charge in [0.05, 0.1) is 0 Å². The van der Waals surface area contributed by atoms with E-state index in [0.717, 1.165) is 43.6 Å². The smallest absolute Gasteiger partial charge is 0.315 e. The Kier molecular flexibility index (Phi) is 6.15. The summed E-state index contributed by atoms with van der Waals surface area (Å²) >= 11 is 12.1. The minimum Gasteiger partial charge on any atom is -0.338 e. The number of urea groups is 1. The Hall–Kier alpha value is -0.970. The molecule has 1 fully saturated rings. The summed E-state index contributed by atoms with van der Waals surface area (Å²) in [6, 6.07) is 3.39. The highest BCUT2D eigenvalue weighted by Crippen LogP contribution is 2.24. The average molecular weight is 330 g/mol. The average Bonchev–Trinajstić information content (AvgIpc) is 2.45. The largest absolute Gasteiger partial charge is 0.338 e. The van der Waals surface area contributed by atoms with Gasteiger partial charge in [0.15, 0.2) is 0 Å². The van der Waals surface area contributed by atoms with Crippen LogP contribution in [0.1, 0.15) is 24.0 Å². The molecule has 0 unspecified atom stereocenters. The standard InChI is InChI=1S/C15H21Cl2N3O/c1-10-6-12(16)7-14(17)13(10)9-20-15(21)19-8-11-2-4-18-5-3-11/h6-7,11,18H,2-5,8-9H2,1H3,(H2,19,20,21).